The number of benzene rings is 1. The fraction of sp³-hybridized carbons (Fsp3) is 0.385. The average molecular weight is 265 g/mol. The number of rotatable bonds is 5. The lowest BCUT2D eigenvalue weighted by Gasteiger charge is -2.07. The highest BCUT2D eigenvalue weighted by molar-refractivity contribution is 7.80. The van der Waals surface area contributed by atoms with E-state index >= 15 is 0 Å². The zero-order valence-electron chi connectivity index (χ0n) is 11.0. The number of hydrogen-bond acceptors (Lipinski definition) is 3. The van der Waals surface area contributed by atoms with Gasteiger partial charge in [-0.05, 0) is 62.8 Å². The maximum Gasteiger partial charge on any atom is 0.186 e. The molecule has 0 saturated heterocycles. The van der Waals surface area contributed by atoms with E-state index in [0.29, 0.717) is 11.7 Å². The molecule has 0 bridgehead atoms. The molecule has 0 radical (unpaired) electrons. The molecule has 5 heteroatoms. The van der Waals surface area contributed by atoms with Crippen LogP contribution in [0.2, 0.25) is 0 Å². The van der Waals surface area contributed by atoms with E-state index in [9.17, 15) is 0 Å². The highest BCUT2D eigenvalue weighted by Crippen LogP contribution is 2.12. The second-order valence-electron chi connectivity index (χ2n) is 3.63. The van der Waals surface area contributed by atoms with Crippen molar-refractivity contribution >= 4 is 23.0 Å². The Morgan fingerprint density at radius 2 is 1.94 bits per heavy atom. The molecule has 0 unspecified atom stereocenters. The molecule has 0 aromatic heterocycles. The van der Waals surface area contributed by atoms with Gasteiger partial charge in [-0.2, -0.15) is 5.10 Å². The molecule has 0 saturated carbocycles. The Bertz CT molecular complexity index is 415. The maximum atomic E-state index is 5.38. The molecule has 0 aliphatic rings. The Morgan fingerprint density at radius 1 is 1.28 bits per heavy atom. The van der Waals surface area contributed by atoms with E-state index in [2.05, 4.69) is 15.8 Å². The number of thiocarbonyl (C=S) groups is 1. The van der Waals surface area contributed by atoms with Gasteiger partial charge in [-0.25, -0.2) is 0 Å². The van der Waals surface area contributed by atoms with Crippen LogP contribution in [0, 0.1) is 0 Å². The third-order valence-corrected chi connectivity index (χ3v) is 2.48. The van der Waals surface area contributed by atoms with Gasteiger partial charge >= 0.3 is 0 Å². The summed E-state index contributed by atoms with van der Waals surface area (Å²) in [6, 6.07) is 7.81. The van der Waals surface area contributed by atoms with Gasteiger partial charge in [-0.15, -0.1) is 0 Å². The van der Waals surface area contributed by atoms with Crippen LogP contribution in [-0.2, 0) is 0 Å². The van der Waals surface area contributed by atoms with Gasteiger partial charge in [0, 0.05) is 6.54 Å². The van der Waals surface area contributed by atoms with Crippen LogP contribution in [0.5, 0.6) is 5.75 Å². The van der Waals surface area contributed by atoms with E-state index in [-0.39, 0.29) is 0 Å². The molecule has 0 amide bonds. The van der Waals surface area contributed by atoms with Crippen molar-refractivity contribution in [3.05, 3.63) is 29.8 Å². The van der Waals surface area contributed by atoms with Gasteiger partial charge in [0.2, 0.25) is 0 Å². The smallest absolute Gasteiger partial charge is 0.186 e. The second kappa shape index (κ2) is 7.66. The molecule has 4 nitrogen and oxygen atoms in total. The fourth-order valence-corrected chi connectivity index (χ4v) is 1.55. The van der Waals surface area contributed by atoms with E-state index < -0.39 is 0 Å². The predicted molar refractivity (Wildman–Crippen MR) is 79.2 cm³/mol. The first-order valence-corrected chi connectivity index (χ1v) is 6.39. The summed E-state index contributed by atoms with van der Waals surface area (Å²) >= 11 is 5.03. The van der Waals surface area contributed by atoms with Gasteiger partial charge in [-0.3, -0.25) is 5.43 Å². The topological polar surface area (TPSA) is 45.7 Å². The lowest BCUT2D eigenvalue weighted by atomic mass is 10.1. The van der Waals surface area contributed by atoms with Crippen molar-refractivity contribution in [2.24, 2.45) is 5.10 Å². The molecular formula is C13H19N3OS. The lowest BCUT2D eigenvalue weighted by molar-refractivity contribution is 0.340. The molecule has 18 heavy (non-hydrogen) atoms. The monoisotopic (exact) mass is 265 g/mol. The number of hydrazone groups is 1. The van der Waals surface area contributed by atoms with Gasteiger partial charge in [-0.1, -0.05) is 0 Å². The van der Waals surface area contributed by atoms with Gasteiger partial charge < -0.3 is 10.1 Å². The van der Waals surface area contributed by atoms with Crippen molar-refractivity contribution in [2.45, 2.75) is 20.8 Å². The van der Waals surface area contributed by atoms with Gasteiger partial charge in [0.05, 0.1) is 12.3 Å². The third-order valence-electron chi connectivity index (χ3n) is 2.25. The number of hydrogen-bond donors (Lipinski definition) is 2. The van der Waals surface area contributed by atoms with Crippen LogP contribution >= 0.6 is 12.2 Å². The Kier molecular flexibility index (Phi) is 6.14. The van der Waals surface area contributed by atoms with Crippen molar-refractivity contribution in [3.63, 3.8) is 0 Å². The van der Waals surface area contributed by atoms with E-state index in [0.717, 1.165) is 23.6 Å². The first-order chi connectivity index (χ1) is 8.67. The van der Waals surface area contributed by atoms with Crippen molar-refractivity contribution in [3.8, 4) is 5.75 Å². The summed E-state index contributed by atoms with van der Waals surface area (Å²) in [5.41, 5.74) is 4.70. The van der Waals surface area contributed by atoms with E-state index in [1.54, 1.807) is 0 Å². The molecular weight excluding hydrogens is 246 g/mol. The molecule has 2 N–H and O–H groups in total. The quantitative estimate of drug-likeness (QED) is 0.487. The zero-order chi connectivity index (χ0) is 13.4. The molecule has 1 aromatic rings. The minimum Gasteiger partial charge on any atom is -0.494 e. The molecule has 0 heterocycles. The molecule has 1 rings (SSSR count). The van der Waals surface area contributed by atoms with Gasteiger partial charge in [0.1, 0.15) is 5.75 Å². The van der Waals surface area contributed by atoms with Gasteiger partial charge in [0.15, 0.2) is 5.11 Å². The Labute approximate surface area is 113 Å². The SMILES string of the molecule is CCNC(=S)N/N=C(/C)c1ccc(OCC)cc1. The van der Waals surface area contributed by atoms with Crippen LogP contribution in [-0.4, -0.2) is 24.0 Å². The van der Waals surface area contributed by atoms with Crippen molar-refractivity contribution in [2.75, 3.05) is 13.2 Å². The van der Waals surface area contributed by atoms with Crippen LogP contribution < -0.4 is 15.5 Å². The summed E-state index contributed by atoms with van der Waals surface area (Å²) in [7, 11) is 0. The Balaban J connectivity index is 2.62. The zero-order valence-corrected chi connectivity index (χ0v) is 11.8. The number of ether oxygens (including phenoxy) is 1. The number of nitrogens with zero attached hydrogens (tertiary/aromatic N) is 1. The standard InChI is InChI=1S/C13H19N3OS/c1-4-14-13(18)16-15-10(3)11-6-8-12(9-7-11)17-5-2/h6-9H,4-5H2,1-3H3,(H2,14,16,18)/b15-10-. The highest BCUT2D eigenvalue weighted by atomic mass is 32.1. The predicted octanol–water partition coefficient (Wildman–Crippen LogP) is 2.29. The third kappa shape index (κ3) is 4.71. The maximum absolute atomic E-state index is 5.38. The van der Waals surface area contributed by atoms with Crippen LogP contribution in [0.25, 0.3) is 0 Å². The summed E-state index contributed by atoms with van der Waals surface area (Å²) in [5.74, 6) is 0.866. The minimum absolute atomic E-state index is 0.530. The first kappa shape index (κ1) is 14.4. The lowest BCUT2D eigenvalue weighted by Crippen LogP contribution is -2.32. The van der Waals surface area contributed by atoms with E-state index in [1.807, 2.05) is 45.0 Å². The van der Waals surface area contributed by atoms with E-state index in [4.69, 9.17) is 17.0 Å². The van der Waals surface area contributed by atoms with Crippen molar-refractivity contribution in [1.29, 1.82) is 0 Å². The molecule has 0 aliphatic heterocycles. The highest BCUT2D eigenvalue weighted by Gasteiger charge is 1.99. The summed E-state index contributed by atoms with van der Waals surface area (Å²) in [6.07, 6.45) is 0. The molecule has 0 atom stereocenters. The molecule has 98 valence electrons. The average Bonchev–Trinajstić information content (AvgIpc) is 2.37. The fourth-order valence-electron chi connectivity index (χ4n) is 1.36. The molecule has 1 aromatic carbocycles. The van der Waals surface area contributed by atoms with E-state index in [1.165, 1.54) is 0 Å². The summed E-state index contributed by atoms with van der Waals surface area (Å²) in [5, 5.41) is 7.71. The minimum atomic E-state index is 0.530. The Hall–Kier alpha value is -1.62. The molecule has 0 fully saturated rings. The van der Waals surface area contributed by atoms with Crippen LogP contribution in [0.3, 0.4) is 0 Å². The first-order valence-electron chi connectivity index (χ1n) is 5.98. The summed E-state index contributed by atoms with van der Waals surface area (Å²) in [6.45, 7) is 7.33. The van der Waals surface area contributed by atoms with Crippen molar-refractivity contribution < 1.29 is 4.74 Å². The van der Waals surface area contributed by atoms with Crippen molar-refractivity contribution in [1.82, 2.24) is 10.7 Å². The van der Waals surface area contributed by atoms with Crippen LogP contribution in [0.4, 0.5) is 0 Å². The number of nitrogens with one attached hydrogen (secondary N) is 2. The summed E-state index contributed by atoms with van der Waals surface area (Å²) < 4.78 is 5.38. The largest absolute Gasteiger partial charge is 0.494 e. The normalized spacial score (nSPS) is 10.9. The molecule has 0 spiro atoms. The summed E-state index contributed by atoms with van der Waals surface area (Å²) in [4.78, 5) is 0. The molecule has 0 aliphatic carbocycles. The van der Waals surface area contributed by atoms with Crippen LogP contribution in [0.15, 0.2) is 29.4 Å². The Morgan fingerprint density at radius 3 is 2.50 bits per heavy atom. The van der Waals surface area contributed by atoms with Crippen LogP contribution in [0.1, 0.15) is 26.3 Å². The second-order valence-corrected chi connectivity index (χ2v) is 4.03. The van der Waals surface area contributed by atoms with Gasteiger partial charge in [0.25, 0.3) is 0 Å².